The molecule has 0 radical (unpaired) electrons. The van der Waals surface area contributed by atoms with E-state index in [-0.39, 0.29) is 19.3 Å². The van der Waals surface area contributed by atoms with Crippen LogP contribution in [0.15, 0.2) is 12.2 Å². The van der Waals surface area contributed by atoms with Gasteiger partial charge < -0.3 is 24.6 Å². The number of unbranched alkanes of at least 4 members (excludes halogenated alkanes) is 17. The minimum absolute atomic E-state index is 0.0647. The molecule has 0 unspecified atom stereocenters. The number of nitrogens with zero attached hydrogens (tertiary/aromatic N) is 1. The number of carbonyl (C=O) groups excluding carboxylic acids is 1. The first-order valence-electron chi connectivity index (χ1n) is 17.4. The largest absolute Gasteiger partial charge is 0.550 e. The number of hydrogen-bond donors (Lipinski definition) is 2. The number of carboxylic acids is 3. The Morgan fingerprint density at radius 3 is 1.19 bits per heavy atom. The number of aliphatic carboxylic acids is 3. The van der Waals surface area contributed by atoms with Gasteiger partial charge in [-0.25, -0.2) is 0 Å². The monoisotopic (exact) mass is 595 g/mol. The number of allylic oxidation sites excluding steroid dienone is 2. The lowest BCUT2D eigenvalue weighted by molar-refractivity contribution is -0.929. The Bertz CT molecular complexity index is 638. The summed E-state index contributed by atoms with van der Waals surface area (Å²) in [4.78, 5) is 32.9. The van der Waals surface area contributed by atoms with Crippen molar-refractivity contribution in [2.75, 3.05) is 26.2 Å². The Labute approximate surface area is 257 Å². The average Bonchev–Trinajstić information content (AvgIpc) is 2.94. The fourth-order valence-electron chi connectivity index (χ4n) is 5.95. The molecule has 0 bridgehead atoms. The zero-order chi connectivity index (χ0) is 31.2. The standard InChI is InChI=1S/C35H65NO6/c1-2-3-4-5-6-7-8-9-10-11-12-13-14-15-16-17-18-22-29-36(30-23-19-26-33(37)38,31-24-20-27-34(39)40)32-25-21-28-35(41)42/h3-4H,2,5-32H2,1H3,(H2-,37,38,39,40,41,42)/b4-3+. The van der Waals surface area contributed by atoms with Gasteiger partial charge in [0.15, 0.2) is 0 Å². The zero-order valence-corrected chi connectivity index (χ0v) is 27.1. The van der Waals surface area contributed by atoms with Gasteiger partial charge in [-0.1, -0.05) is 89.7 Å². The fraction of sp³-hybridized carbons (Fsp3) is 0.857. The second kappa shape index (κ2) is 29.2. The molecule has 42 heavy (non-hydrogen) atoms. The van der Waals surface area contributed by atoms with E-state index in [4.69, 9.17) is 10.2 Å². The van der Waals surface area contributed by atoms with E-state index in [0.29, 0.717) is 19.3 Å². The topological polar surface area (TPSA) is 115 Å². The molecule has 2 N–H and O–H groups in total. The van der Waals surface area contributed by atoms with Gasteiger partial charge in [-0.15, -0.1) is 0 Å². The second-order valence-electron chi connectivity index (χ2n) is 12.4. The maximum atomic E-state index is 11.0. The normalized spacial score (nSPS) is 11.8. The van der Waals surface area contributed by atoms with Crippen molar-refractivity contribution in [1.29, 1.82) is 0 Å². The Morgan fingerprint density at radius 1 is 0.500 bits per heavy atom. The summed E-state index contributed by atoms with van der Waals surface area (Å²) in [5, 5.41) is 29.0. The van der Waals surface area contributed by atoms with Crippen LogP contribution in [0.5, 0.6) is 0 Å². The predicted molar refractivity (Wildman–Crippen MR) is 170 cm³/mol. The van der Waals surface area contributed by atoms with E-state index in [9.17, 15) is 19.5 Å². The Hall–Kier alpha value is -1.89. The van der Waals surface area contributed by atoms with Crippen LogP contribution < -0.4 is 5.11 Å². The van der Waals surface area contributed by atoms with E-state index >= 15 is 0 Å². The molecule has 246 valence electrons. The van der Waals surface area contributed by atoms with E-state index in [1.807, 2.05) is 0 Å². The van der Waals surface area contributed by atoms with Gasteiger partial charge in [0.1, 0.15) is 0 Å². The molecular weight excluding hydrogens is 530 g/mol. The van der Waals surface area contributed by atoms with Crippen molar-refractivity contribution in [3.05, 3.63) is 12.2 Å². The van der Waals surface area contributed by atoms with Crippen molar-refractivity contribution < 1.29 is 34.2 Å². The lowest BCUT2D eigenvalue weighted by Crippen LogP contribution is -2.51. The fourth-order valence-corrected chi connectivity index (χ4v) is 5.95. The summed E-state index contributed by atoms with van der Waals surface area (Å²) in [5.41, 5.74) is 0. The first-order valence-corrected chi connectivity index (χ1v) is 17.4. The summed E-state index contributed by atoms with van der Waals surface area (Å²) in [6.07, 6.45) is 30.0. The van der Waals surface area contributed by atoms with E-state index < -0.39 is 17.9 Å². The van der Waals surface area contributed by atoms with E-state index in [2.05, 4.69) is 19.1 Å². The lowest BCUT2D eigenvalue weighted by Gasteiger charge is -2.39. The van der Waals surface area contributed by atoms with Crippen molar-refractivity contribution in [2.24, 2.45) is 0 Å². The molecule has 0 aliphatic carbocycles. The second-order valence-corrected chi connectivity index (χ2v) is 12.4. The molecule has 0 aliphatic heterocycles. The Morgan fingerprint density at radius 2 is 0.833 bits per heavy atom. The Balaban J connectivity index is 4.31. The van der Waals surface area contributed by atoms with Crippen LogP contribution in [0, 0.1) is 0 Å². The summed E-state index contributed by atoms with van der Waals surface area (Å²) in [7, 11) is 0. The summed E-state index contributed by atoms with van der Waals surface area (Å²) in [6, 6.07) is 0. The molecule has 0 aromatic carbocycles. The third-order valence-corrected chi connectivity index (χ3v) is 8.47. The highest BCUT2D eigenvalue weighted by atomic mass is 16.4. The quantitative estimate of drug-likeness (QED) is 0.0451. The molecule has 0 saturated carbocycles. The van der Waals surface area contributed by atoms with Crippen molar-refractivity contribution in [3.63, 3.8) is 0 Å². The van der Waals surface area contributed by atoms with Crippen molar-refractivity contribution in [1.82, 2.24) is 0 Å². The minimum atomic E-state index is -1.02. The maximum absolute atomic E-state index is 11.0. The Kier molecular flexibility index (Phi) is 27.9. The number of carboxylic acid groups (broad SMARTS) is 3. The SMILES string of the molecule is CC/C=C/CCCCCCCCCCCCCCCC[N+](CCCCC(=O)[O-])(CCCCC(=O)O)CCCCC(=O)O. The van der Waals surface area contributed by atoms with E-state index in [0.717, 1.165) is 62.8 Å². The molecule has 0 aromatic heterocycles. The third-order valence-electron chi connectivity index (χ3n) is 8.47. The van der Waals surface area contributed by atoms with Crippen LogP contribution in [0.4, 0.5) is 0 Å². The maximum Gasteiger partial charge on any atom is 0.303 e. The summed E-state index contributed by atoms with van der Waals surface area (Å²) in [6.45, 7) is 5.81. The van der Waals surface area contributed by atoms with E-state index in [1.54, 1.807) is 0 Å². The van der Waals surface area contributed by atoms with Gasteiger partial charge in [0, 0.05) is 18.8 Å². The van der Waals surface area contributed by atoms with Gasteiger partial charge in [-0.05, 0) is 77.0 Å². The first-order chi connectivity index (χ1) is 20.3. The molecule has 0 fully saturated rings. The van der Waals surface area contributed by atoms with Crippen LogP contribution in [0.2, 0.25) is 0 Å². The first kappa shape index (κ1) is 40.1. The summed E-state index contributed by atoms with van der Waals surface area (Å²) in [5.74, 6) is -2.56. The van der Waals surface area contributed by atoms with Gasteiger partial charge >= 0.3 is 11.9 Å². The molecule has 0 spiro atoms. The highest BCUT2D eigenvalue weighted by Crippen LogP contribution is 2.20. The summed E-state index contributed by atoms with van der Waals surface area (Å²) < 4.78 is 0.849. The van der Waals surface area contributed by atoms with Crippen molar-refractivity contribution >= 4 is 17.9 Å². The molecule has 0 rings (SSSR count). The third kappa shape index (κ3) is 28.2. The van der Waals surface area contributed by atoms with Crippen LogP contribution in [-0.2, 0) is 14.4 Å². The number of quaternary nitrogens is 1. The van der Waals surface area contributed by atoms with Crippen molar-refractivity contribution in [2.45, 2.75) is 167 Å². The number of carbonyl (C=O) groups is 3. The highest BCUT2D eigenvalue weighted by Gasteiger charge is 2.26. The van der Waals surface area contributed by atoms with Crippen LogP contribution in [-0.4, -0.2) is 58.8 Å². The highest BCUT2D eigenvalue weighted by molar-refractivity contribution is 5.66. The number of hydrogen-bond acceptors (Lipinski definition) is 4. The molecule has 0 amide bonds. The van der Waals surface area contributed by atoms with Crippen LogP contribution >= 0.6 is 0 Å². The molecule has 0 atom stereocenters. The average molecular weight is 596 g/mol. The molecule has 0 saturated heterocycles. The van der Waals surface area contributed by atoms with Gasteiger partial charge in [0.2, 0.25) is 0 Å². The predicted octanol–water partition coefficient (Wildman–Crippen LogP) is 8.05. The number of rotatable bonds is 33. The lowest BCUT2D eigenvalue weighted by atomic mass is 10.0. The molecule has 7 heteroatoms. The molecule has 7 nitrogen and oxygen atoms in total. The van der Waals surface area contributed by atoms with E-state index in [1.165, 1.54) is 89.9 Å². The van der Waals surface area contributed by atoms with Crippen LogP contribution in [0.1, 0.15) is 167 Å². The minimum Gasteiger partial charge on any atom is -0.550 e. The summed E-state index contributed by atoms with van der Waals surface area (Å²) >= 11 is 0. The van der Waals surface area contributed by atoms with Gasteiger partial charge in [0.25, 0.3) is 0 Å². The van der Waals surface area contributed by atoms with Crippen molar-refractivity contribution in [3.8, 4) is 0 Å². The smallest absolute Gasteiger partial charge is 0.303 e. The molecule has 0 aromatic rings. The van der Waals surface area contributed by atoms with Crippen LogP contribution in [0.3, 0.4) is 0 Å². The van der Waals surface area contributed by atoms with Gasteiger partial charge in [0.05, 0.1) is 26.2 Å². The molecular formula is C35H65NO6. The zero-order valence-electron chi connectivity index (χ0n) is 27.1. The molecule has 0 heterocycles. The van der Waals surface area contributed by atoms with Gasteiger partial charge in [-0.2, -0.15) is 0 Å². The van der Waals surface area contributed by atoms with Gasteiger partial charge in [-0.3, -0.25) is 9.59 Å². The molecule has 0 aliphatic rings. The van der Waals surface area contributed by atoms with Crippen LogP contribution in [0.25, 0.3) is 0 Å².